The molecule has 0 spiro atoms. The molecule has 1 aromatic carbocycles. The van der Waals surface area contributed by atoms with Crippen molar-refractivity contribution in [2.24, 2.45) is 0 Å². The first-order valence-electron chi connectivity index (χ1n) is 6.86. The van der Waals surface area contributed by atoms with Crippen LogP contribution in [0.4, 0.5) is 4.39 Å². The number of halogens is 1. The van der Waals surface area contributed by atoms with Gasteiger partial charge < -0.3 is 10.4 Å². The number of hydrogen-bond acceptors (Lipinski definition) is 3. The standard InChI is InChI=1S/C15H25FN2O/c1-12(2)18(9-10-19)8-7-15(17-3)13-5-4-6-14(16)11-13/h4-6,11-12,15,17,19H,7-10H2,1-3H3. The van der Waals surface area contributed by atoms with Crippen molar-refractivity contribution in [3.05, 3.63) is 35.6 Å². The van der Waals surface area contributed by atoms with Crippen molar-refractivity contribution < 1.29 is 9.50 Å². The fourth-order valence-electron chi connectivity index (χ4n) is 2.25. The summed E-state index contributed by atoms with van der Waals surface area (Å²) in [5, 5.41) is 12.3. The van der Waals surface area contributed by atoms with Gasteiger partial charge in [-0.05, 0) is 45.0 Å². The summed E-state index contributed by atoms with van der Waals surface area (Å²) in [5.74, 6) is -0.200. The summed E-state index contributed by atoms with van der Waals surface area (Å²) in [5.41, 5.74) is 0.968. The lowest BCUT2D eigenvalue weighted by Crippen LogP contribution is -2.36. The summed E-state index contributed by atoms with van der Waals surface area (Å²) >= 11 is 0. The highest BCUT2D eigenvalue weighted by Crippen LogP contribution is 2.18. The van der Waals surface area contributed by atoms with Gasteiger partial charge in [0.2, 0.25) is 0 Å². The Balaban J connectivity index is 2.61. The van der Waals surface area contributed by atoms with Crippen LogP contribution in [-0.4, -0.2) is 42.8 Å². The van der Waals surface area contributed by atoms with Crippen molar-refractivity contribution in [3.8, 4) is 0 Å². The van der Waals surface area contributed by atoms with Crippen molar-refractivity contribution in [1.29, 1.82) is 0 Å². The third-order valence-electron chi connectivity index (χ3n) is 3.42. The monoisotopic (exact) mass is 268 g/mol. The van der Waals surface area contributed by atoms with E-state index >= 15 is 0 Å². The largest absolute Gasteiger partial charge is 0.395 e. The minimum Gasteiger partial charge on any atom is -0.395 e. The minimum atomic E-state index is -0.200. The molecule has 0 fully saturated rings. The number of nitrogens with one attached hydrogen (secondary N) is 1. The van der Waals surface area contributed by atoms with E-state index in [1.807, 2.05) is 13.1 Å². The number of benzene rings is 1. The summed E-state index contributed by atoms with van der Waals surface area (Å²) in [4.78, 5) is 2.23. The number of rotatable bonds is 8. The quantitative estimate of drug-likeness (QED) is 0.758. The first-order valence-corrected chi connectivity index (χ1v) is 6.86. The maximum absolute atomic E-state index is 13.2. The number of hydrogen-bond donors (Lipinski definition) is 2. The van der Waals surface area contributed by atoms with E-state index in [2.05, 4.69) is 24.1 Å². The van der Waals surface area contributed by atoms with Gasteiger partial charge in [-0.1, -0.05) is 12.1 Å². The Morgan fingerprint density at radius 2 is 2.05 bits per heavy atom. The van der Waals surface area contributed by atoms with Crippen molar-refractivity contribution in [2.45, 2.75) is 32.4 Å². The van der Waals surface area contributed by atoms with Crippen LogP contribution in [-0.2, 0) is 0 Å². The molecule has 1 rings (SSSR count). The highest BCUT2D eigenvalue weighted by Gasteiger charge is 2.14. The van der Waals surface area contributed by atoms with Gasteiger partial charge in [-0.3, -0.25) is 4.90 Å². The molecule has 19 heavy (non-hydrogen) atoms. The Labute approximate surface area is 115 Å². The van der Waals surface area contributed by atoms with E-state index < -0.39 is 0 Å². The molecule has 0 radical (unpaired) electrons. The molecule has 0 aromatic heterocycles. The molecule has 108 valence electrons. The zero-order valence-electron chi connectivity index (χ0n) is 12.1. The molecular formula is C15H25FN2O. The van der Waals surface area contributed by atoms with Gasteiger partial charge in [-0.15, -0.1) is 0 Å². The lowest BCUT2D eigenvalue weighted by Gasteiger charge is -2.28. The zero-order chi connectivity index (χ0) is 14.3. The molecule has 0 heterocycles. The van der Waals surface area contributed by atoms with E-state index in [-0.39, 0.29) is 18.5 Å². The van der Waals surface area contributed by atoms with E-state index in [9.17, 15) is 4.39 Å². The molecule has 0 aliphatic carbocycles. The van der Waals surface area contributed by atoms with E-state index in [1.54, 1.807) is 12.1 Å². The zero-order valence-corrected chi connectivity index (χ0v) is 12.1. The van der Waals surface area contributed by atoms with Gasteiger partial charge >= 0.3 is 0 Å². The van der Waals surface area contributed by atoms with Crippen LogP contribution in [0, 0.1) is 5.82 Å². The van der Waals surface area contributed by atoms with E-state index in [0.717, 1.165) is 18.5 Å². The predicted molar refractivity (Wildman–Crippen MR) is 76.6 cm³/mol. The fraction of sp³-hybridized carbons (Fsp3) is 0.600. The molecule has 0 bridgehead atoms. The Hall–Kier alpha value is -0.970. The molecule has 0 saturated carbocycles. The van der Waals surface area contributed by atoms with Crippen molar-refractivity contribution in [2.75, 3.05) is 26.7 Å². The molecule has 0 aliphatic heterocycles. The summed E-state index contributed by atoms with van der Waals surface area (Å²) < 4.78 is 13.2. The van der Waals surface area contributed by atoms with Crippen LogP contribution in [0.15, 0.2) is 24.3 Å². The molecule has 1 unspecified atom stereocenters. The predicted octanol–water partition coefficient (Wildman–Crippen LogP) is 2.18. The molecule has 2 N–H and O–H groups in total. The molecule has 3 nitrogen and oxygen atoms in total. The highest BCUT2D eigenvalue weighted by molar-refractivity contribution is 5.20. The molecule has 4 heteroatoms. The van der Waals surface area contributed by atoms with Gasteiger partial charge in [0.25, 0.3) is 0 Å². The van der Waals surface area contributed by atoms with Crippen LogP contribution >= 0.6 is 0 Å². The van der Waals surface area contributed by atoms with Gasteiger partial charge in [0.1, 0.15) is 5.82 Å². The lowest BCUT2D eigenvalue weighted by atomic mass is 10.0. The third kappa shape index (κ3) is 5.27. The normalized spacial score (nSPS) is 13.2. The third-order valence-corrected chi connectivity index (χ3v) is 3.42. The SMILES string of the molecule is CNC(CCN(CCO)C(C)C)c1cccc(F)c1. The second-order valence-corrected chi connectivity index (χ2v) is 5.04. The average molecular weight is 268 g/mol. The Morgan fingerprint density at radius 1 is 1.32 bits per heavy atom. The molecule has 0 amide bonds. The number of nitrogens with zero attached hydrogens (tertiary/aromatic N) is 1. The summed E-state index contributed by atoms with van der Waals surface area (Å²) in [6.07, 6.45) is 0.887. The van der Waals surface area contributed by atoms with Crippen molar-refractivity contribution >= 4 is 0 Å². The van der Waals surface area contributed by atoms with Crippen LogP contribution in [0.2, 0.25) is 0 Å². The summed E-state index contributed by atoms with van der Waals surface area (Å²) in [6.45, 7) is 5.96. The van der Waals surface area contributed by atoms with Gasteiger partial charge in [0.15, 0.2) is 0 Å². The van der Waals surface area contributed by atoms with Gasteiger partial charge in [0.05, 0.1) is 6.61 Å². The smallest absolute Gasteiger partial charge is 0.123 e. The first-order chi connectivity index (χ1) is 9.08. The average Bonchev–Trinajstić information content (AvgIpc) is 2.38. The van der Waals surface area contributed by atoms with Crippen molar-refractivity contribution in [1.82, 2.24) is 10.2 Å². The second-order valence-electron chi connectivity index (χ2n) is 5.04. The number of aliphatic hydroxyl groups excluding tert-OH is 1. The minimum absolute atomic E-state index is 0.135. The molecular weight excluding hydrogens is 243 g/mol. The maximum Gasteiger partial charge on any atom is 0.123 e. The summed E-state index contributed by atoms with van der Waals surface area (Å²) in [6, 6.07) is 7.25. The van der Waals surface area contributed by atoms with Crippen LogP contribution in [0.5, 0.6) is 0 Å². The highest BCUT2D eigenvalue weighted by atomic mass is 19.1. The fourth-order valence-corrected chi connectivity index (χ4v) is 2.25. The maximum atomic E-state index is 13.2. The Bertz CT molecular complexity index is 371. The van der Waals surface area contributed by atoms with Crippen LogP contribution in [0.3, 0.4) is 0 Å². The lowest BCUT2D eigenvalue weighted by molar-refractivity contribution is 0.160. The molecule has 0 aliphatic rings. The van der Waals surface area contributed by atoms with Crippen molar-refractivity contribution in [3.63, 3.8) is 0 Å². The molecule has 0 saturated heterocycles. The Kier molecular flexibility index (Phi) is 6.99. The van der Waals surface area contributed by atoms with E-state index in [0.29, 0.717) is 12.6 Å². The topological polar surface area (TPSA) is 35.5 Å². The van der Waals surface area contributed by atoms with Crippen LogP contribution < -0.4 is 5.32 Å². The van der Waals surface area contributed by atoms with Crippen LogP contribution in [0.1, 0.15) is 31.9 Å². The number of aliphatic hydroxyl groups is 1. The van der Waals surface area contributed by atoms with E-state index in [4.69, 9.17) is 5.11 Å². The van der Waals surface area contributed by atoms with E-state index in [1.165, 1.54) is 6.07 Å². The van der Waals surface area contributed by atoms with Gasteiger partial charge in [-0.25, -0.2) is 4.39 Å². The second kappa shape index (κ2) is 8.25. The van der Waals surface area contributed by atoms with Gasteiger partial charge in [0, 0.05) is 25.2 Å². The van der Waals surface area contributed by atoms with Gasteiger partial charge in [-0.2, -0.15) is 0 Å². The Morgan fingerprint density at radius 3 is 2.58 bits per heavy atom. The van der Waals surface area contributed by atoms with Crippen LogP contribution in [0.25, 0.3) is 0 Å². The summed E-state index contributed by atoms with van der Waals surface area (Å²) in [7, 11) is 1.89. The first kappa shape index (κ1) is 16.1. The molecule has 1 atom stereocenters. The molecule has 1 aromatic rings.